The summed E-state index contributed by atoms with van der Waals surface area (Å²) in [6.07, 6.45) is 1.71. The number of anilines is 1. The van der Waals surface area contributed by atoms with E-state index in [1.54, 1.807) is 12.1 Å². The number of nitrogens with one attached hydrogen (secondary N) is 1. The van der Waals surface area contributed by atoms with E-state index in [0.29, 0.717) is 17.9 Å². The molecule has 0 aromatic heterocycles. The average Bonchev–Trinajstić information content (AvgIpc) is 2.78. The molecule has 0 aliphatic heterocycles. The van der Waals surface area contributed by atoms with Crippen molar-refractivity contribution in [3.8, 4) is 0 Å². The monoisotopic (exact) mass is 462 g/mol. The van der Waals surface area contributed by atoms with Crippen LogP contribution in [0.15, 0.2) is 53.4 Å². The van der Waals surface area contributed by atoms with Gasteiger partial charge in [0, 0.05) is 19.8 Å². The van der Waals surface area contributed by atoms with E-state index in [-0.39, 0.29) is 10.5 Å². The Morgan fingerprint density at radius 1 is 0.875 bits per heavy atom. The lowest BCUT2D eigenvalue weighted by Gasteiger charge is -2.11. The summed E-state index contributed by atoms with van der Waals surface area (Å²) in [4.78, 5) is 36.1. The number of amides is 1. The highest BCUT2D eigenvalue weighted by Gasteiger charge is 2.18. The Labute approximate surface area is 187 Å². The van der Waals surface area contributed by atoms with E-state index in [1.165, 1.54) is 50.5 Å². The maximum Gasteiger partial charge on any atom is 0.338 e. The van der Waals surface area contributed by atoms with Crippen molar-refractivity contribution in [1.29, 1.82) is 0 Å². The molecule has 0 aliphatic carbocycles. The van der Waals surface area contributed by atoms with Gasteiger partial charge in [0.05, 0.1) is 22.6 Å². The molecule has 0 saturated heterocycles. The molecule has 32 heavy (non-hydrogen) atoms. The van der Waals surface area contributed by atoms with E-state index < -0.39 is 34.5 Å². The fourth-order valence-electron chi connectivity index (χ4n) is 2.47. The molecule has 0 spiro atoms. The molecule has 2 aromatic rings. The molecule has 0 atom stereocenters. The Balaban J connectivity index is 1.86. The fraction of sp³-hybridized carbons (Fsp3) is 0.318. The molecule has 2 aromatic carbocycles. The van der Waals surface area contributed by atoms with Crippen LogP contribution in [-0.2, 0) is 24.3 Å². The summed E-state index contributed by atoms with van der Waals surface area (Å²) in [5, 5.41) is 2.56. The van der Waals surface area contributed by atoms with Gasteiger partial charge in [0.15, 0.2) is 6.61 Å². The van der Waals surface area contributed by atoms with Gasteiger partial charge in [0.25, 0.3) is 5.91 Å². The van der Waals surface area contributed by atoms with Crippen LogP contribution in [0.1, 0.15) is 40.5 Å². The highest BCUT2D eigenvalue weighted by molar-refractivity contribution is 7.89. The second-order valence-corrected chi connectivity index (χ2v) is 9.15. The molecule has 0 heterocycles. The number of esters is 2. The topological polar surface area (TPSA) is 119 Å². The number of unbranched alkanes of at least 4 members (excludes halogenated alkanes) is 1. The molecule has 1 N–H and O–H groups in total. The number of carbonyl (C=O) groups is 3. The predicted molar refractivity (Wildman–Crippen MR) is 118 cm³/mol. The van der Waals surface area contributed by atoms with Gasteiger partial charge in [-0.3, -0.25) is 4.79 Å². The number of benzene rings is 2. The molecule has 0 saturated carbocycles. The number of carbonyl (C=O) groups excluding carboxylic acids is 3. The van der Waals surface area contributed by atoms with Gasteiger partial charge in [-0.2, -0.15) is 0 Å². The van der Waals surface area contributed by atoms with Crippen LogP contribution in [-0.4, -0.2) is 57.9 Å². The quantitative estimate of drug-likeness (QED) is 0.426. The van der Waals surface area contributed by atoms with E-state index in [2.05, 4.69) is 5.32 Å². The van der Waals surface area contributed by atoms with Crippen molar-refractivity contribution in [1.82, 2.24) is 4.31 Å². The third-order valence-corrected chi connectivity index (χ3v) is 6.17. The van der Waals surface area contributed by atoms with Crippen LogP contribution in [0.3, 0.4) is 0 Å². The lowest BCUT2D eigenvalue weighted by atomic mass is 10.2. The van der Waals surface area contributed by atoms with Gasteiger partial charge in [0.2, 0.25) is 10.0 Å². The third-order valence-electron chi connectivity index (χ3n) is 4.34. The lowest BCUT2D eigenvalue weighted by molar-refractivity contribution is -0.119. The summed E-state index contributed by atoms with van der Waals surface area (Å²) < 4.78 is 35.2. The highest BCUT2D eigenvalue weighted by Crippen LogP contribution is 2.15. The minimum absolute atomic E-state index is 0.0366. The number of nitrogens with zero attached hydrogens (tertiary/aromatic N) is 1. The van der Waals surface area contributed by atoms with Crippen molar-refractivity contribution in [2.24, 2.45) is 0 Å². The summed E-state index contributed by atoms with van der Waals surface area (Å²) in [5.74, 6) is -1.77. The van der Waals surface area contributed by atoms with E-state index in [4.69, 9.17) is 9.47 Å². The first-order valence-electron chi connectivity index (χ1n) is 9.92. The Bertz CT molecular complexity index is 1050. The van der Waals surface area contributed by atoms with Crippen molar-refractivity contribution in [3.63, 3.8) is 0 Å². The minimum Gasteiger partial charge on any atom is -0.462 e. The third kappa shape index (κ3) is 6.89. The largest absolute Gasteiger partial charge is 0.462 e. The van der Waals surface area contributed by atoms with Crippen LogP contribution in [0.5, 0.6) is 0 Å². The number of hydrogen-bond donors (Lipinski definition) is 1. The summed E-state index contributed by atoms with van der Waals surface area (Å²) in [7, 11) is -0.795. The summed E-state index contributed by atoms with van der Waals surface area (Å²) in [6.45, 7) is 1.82. The van der Waals surface area contributed by atoms with Gasteiger partial charge in [-0.05, 0) is 55.0 Å². The molecule has 9 nitrogen and oxygen atoms in total. The summed E-state index contributed by atoms with van der Waals surface area (Å²) >= 11 is 0. The summed E-state index contributed by atoms with van der Waals surface area (Å²) in [6, 6.07) is 11.4. The molecule has 0 radical (unpaired) electrons. The van der Waals surface area contributed by atoms with Crippen LogP contribution in [0.4, 0.5) is 5.69 Å². The molecule has 0 bridgehead atoms. The van der Waals surface area contributed by atoms with Gasteiger partial charge in [-0.25, -0.2) is 22.3 Å². The molecular formula is C22H26N2O7S. The molecule has 0 aliphatic rings. The Kier molecular flexibility index (Phi) is 8.91. The van der Waals surface area contributed by atoms with Crippen molar-refractivity contribution < 1.29 is 32.3 Å². The number of ether oxygens (including phenoxy) is 2. The van der Waals surface area contributed by atoms with Crippen molar-refractivity contribution in [3.05, 3.63) is 59.7 Å². The fourth-order valence-corrected chi connectivity index (χ4v) is 3.37. The molecule has 0 fully saturated rings. The first-order valence-corrected chi connectivity index (χ1v) is 11.4. The van der Waals surface area contributed by atoms with Crippen molar-refractivity contribution in [2.75, 3.05) is 32.6 Å². The number of rotatable bonds is 10. The highest BCUT2D eigenvalue weighted by atomic mass is 32.2. The smallest absolute Gasteiger partial charge is 0.338 e. The van der Waals surface area contributed by atoms with Crippen LogP contribution in [0, 0.1) is 0 Å². The first kappa shape index (κ1) is 25.0. The zero-order chi connectivity index (χ0) is 23.7. The van der Waals surface area contributed by atoms with E-state index >= 15 is 0 Å². The first-order chi connectivity index (χ1) is 15.1. The summed E-state index contributed by atoms with van der Waals surface area (Å²) in [5.41, 5.74) is 0.904. The normalized spacial score (nSPS) is 11.1. The Hall–Kier alpha value is -3.24. The molecule has 2 rings (SSSR count). The van der Waals surface area contributed by atoms with Crippen LogP contribution in [0.2, 0.25) is 0 Å². The number of sulfonamides is 1. The van der Waals surface area contributed by atoms with Gasteiger partial charge < -0.3 is 14.8 Å². The Morgan fingerprint density at radius 3 is 1.94 bits per heavy atom. The number of hydrogen-bond acceptors (Lipinski definition) is 7. The maximum absolute atomic E-state index is 12.1. The van der Waals surface area contributed by atoms with Crippen LogP contribution >= 0.6 is 0 Å². The second-order valence-electron chi connectivity index (χ2n) is 7.00. The van der Waals surface area contributed by atoms with Gasteiger partial charge in [-0.1, -0.05) is 13.3 Å². The van der Waals surface area contributed by atoms with Gasteiger partial charge in [-0.15, -0.1) is 0 Å². The molecule has 172 valence electrons. The zero-order valence-corrected chi connectivity index (χ0v) is 19.0. The molecular weight excluding hydrogens is 436 g/mol. The van der Waals surface area contributed by atoms with E-state index in [0.717, 1.165) is 17.1 Å². The maximum atomic E-state index is 12.1. The molecule has 0 unspecified atom stereocenters. The molecule has 10 heteroatoms. The minimum atomic E-state index is -3.61. The predicted octanol–water partition coefficient (Wildman–Crippen LogP) is 2.69. The zero-order valence-electron chi connectivity index (χ0n) is 18.2. The van der Waals surface area contributed by atoms with Crippen LogP contribution < -0.4 is 5.32 Å². The van der Waals surface area contributed by atoms with Crippen molar-refractivity contribution in [2.45, 2.75) is 24.7 Å². The van der Waals surface area contributed by atoms with Gasteiger partial charge in [0.1, 0.15) is 0 Å². The van der Waals surface area contributed by atoms with Gasteiger partial charge >= 0.3 is 11.9 Å². The molecule has 1 amide bonds. The Morgan fingerprint density at radius 2 is 1.41 bits per heavy atom. The SMILES string of the molecule is CCCCOC(=O)c1ccc(NC(=O)COC(=O)c2ccc(S(=O)(=O)N(C)C)cc2)cc1. The van der Waals surface area contributed by atoms with Crippen LogP contribution in [0.25, 0.3) is 0 Å². The van der Waals surface area contributed by atoms with E-state index in [1.807, 2.05) is 6.92 Å². The second kappa shape index (κ2) is 11.4. The average molecular weight is 463 g/mol. The standard InChI is InChI=1S/C22H26N2O7S/c1-4-5-14-30-21(26)16-6-10-18(11-7-16)23-20(25)15-31-22(27)17-8-12-19(13-9-17)32(28,29)24(2)3/h6-13H,4-5,14-15H2,1-3H3,(H,23,25). The lowest BCUT2D eigenvalue weighted by Crippen LogP contribution is -2.22. The van der Waals surface area contributed by atoms with Crippen molar-refractivity contribution >= 4 is 33.6 Å². The van der Waals surface area contributed by atoms with E-state index in [9.17, 15) is 22.8 Å².